The summed E-state index contributed by atoms with van der Waals surface area (Å²) in [6.07, 6.45) is -7.43. The lowest BCUT2D eigenvalue weighted by atomic mass is 9.93. The van der Waals surface area contributed by atoms with Gasteiger partial charge in [0.2, 0.25) is 5.95 Å². The van der Waals surface area contributed by atoms with Crippen molar-refractivity contribution in [1.29, 1.82) is 0 Å². The fourth-order valence-electron chi connectivity index (χ4n) is 5.40. The summed E-state index contributed by atoms with van der Waals surface area (Å²) in [4.78, 5) is 20.9. The Hall–Kier alpha value is -5.21. The molecule has 52 heavy (non-hydrogen) atoms. The number of methoxy groups -OCH3 is 2. The van der Waals surface area contributed by atoms with Crippen molar-refractivity contribution in [2.75, 3.05) is 32.3 Å². The Kier molecular flexibility index (Phi) is 12.8. The second-order valence-corrected chi connectivity index (χ2v) is 12.0. The Morgan fingerprint density at radius 1 is 0.808 bits per heavy atom. The maximum absolute atomic E-state index is 13.9. The van der Waals surface area contributed by atoms with Gasteiger partial charge in [-0.15, -0.1) is 0 Å². The molecule has 0 unspecified atom stereocenters. The van der Waals surface area contributed by atoms with Gasteiger partial charge in [-0.1, -0.05) is 19.9 Å². The van der Waals surface area contributed by atoms with Crippen molar-refractivity contribution in [2.45, 2.75) is 65.0 Å². The lowest BCUT2D eigenvalue weighted by molar-refractivity contribution is -0.143. The number of carbonyl (C=O) groups is 1. The first-order chi connectivity index (χ1) is 24.5. The average Bonchev–Trinajstić information content (AvgIpc) is 3.09. The summed E-state index contributed by atoms with van der Waals surface area (Å²) in [6.45, 7) is 5.69. The van der Waals surface area contributed by atoms with Crippen molar-refractivity contribution < 1.29 is 55.2 Å². The summed E-state index contributed by atoms with van der Waals surface area (Å²) in [5.41, 5.74) is -0.398. The highest BCUT2D eigenvalue weighted by Crippen LogP contribution is 2.42. The minimum atomic E-state index is -5.05. The number of benzene rings is 3. The van der Waals surface area contributed by atoms with Crippen LogP contribution in [0.4, 0.5) is 32.3 Å². The quantitative estimate of drug-likeness (QED) is 0.0892. The number of nitrogens with zero attached hydrogens (tertiary/aromatic N) is 3. The standard InChI is InChI=1S/C37H39F6N3O6/c1-6-51-31-10-9-24(22(2)3)14-30(31)29-17-33(50-5)32(49-4)15-25(29)21-46(35-44-18-28(19-45-35)52-11-7-8-34(47)48)20-23-12-26(36(38,39)40)16-27(13-23)37(41,42)43/h9-10,12-19,22H,6-8,11,20-21H2,1-5H3,(H,47,48). The summed E-state index contributed by atoms with van der Waals surface area (Å²) >= 11 is 0. The molecule has 0 amide bonds. The second-order valence-electron chi connectivity index (χ2n) is 12.0. The van der Waals surface area contributed by atoms with Gasteiger partial charge < -0.3 is 29.0 Å². The highest BCUT2D eigenvalue weighted by atomic mass is 19.4. The van der Waals surface area contributed by atoms with Crippen LogP contribution in [0.2, 0.25) is 0 Å². The molecule has 0 atom stereocenters. The molecule has 280 valence electrons. The van der Waals surface area contributed by atoms with E-state index in [1.165, 1.54) is 31.5 Å². The lowest BCUT2D eigenvalue weighted by Gasteiger charge is -2.26. The molecule has 9 nitrogen and oxygen atoms in total. The zero-order valence-corrected chi connectivity index (χ0v) is 29.2. The monoisotopic (exact) mass is 735 g/mol. The fraction of sp³-hybridized carbons (Fsp3) is 0.378. The van der Waals surface area contributed by atoms with Crippen LogP contribution in [0.1, 0.15) is 67.3 Å². The highest BCUT2D eigenvalue weighted by Gasteiger charge is 2.37. The van der Waals surface area contributed by atoms with Crippen LogP contribution in [0, 0.1) is 0 Å². The topological polar surface area (TPSA) is 103 Å². The molecular weight excluding hydrogens is 696 g/mol. The third-order valence-electron chi connectivity index (χ3n) is 7.95. The fourth-order valence-corrected chi connectivity index (χ4v) is 5.40. The molecule has 0 bridgehead atoms. The van der Waals surface area contributed by atoms with Gasteiger partial charge in [0.25, 0.3) is 0 Å². The molecule has 0 aliphatic rings. The Balaban J connectivity index is 1.89. The molecule has 0 aliphatic carbocycles. The van der Waals surface area contributed by atoms with Crippen LogP contribution < -0.4 is 23.8 Å². The van der Waals surface area contributed by atoms with Gasteiger partial charge in [-0.2, -0.15) is 26.3 Å². The number of carboxylic acids is 1. The van der Waals surface area contributed by atoms with Crippen LogP contribution in [0.5, 0.6) is 23.0 Å². The van der Waals surface area contributed by atoms with Crippen molar-refractivity contribution in [3.05, 3.63) is 88.7 Å². The number of aromatic nitrogens is 2. The zero-order chi connectivity index (χ0) is 38.2. The normalized spacial score (nSPS) is 11.8. The van der Waals surface area contributed by atoms with Crippen LogP contribution in [-0.2, 0) is 30.2 Å². The predicted molar refractivity (Wildman–Crippen MR) is 181 cm³/mol. The molecule has 0 aliphatic heterocycles. The van der Waals surface area contributed by atoms with Crippen molar-refractivity contribution in [3.8, 4) is 34.1 Å². The smallest absolute Gasteiger partial charge is 0.416 e. The van der Waals surface area contributed by atoms with E-state index in [1.807, 2.05) is 39.0 Å². The summed E-state index contributed by atoms with van der Waals surface area (Å²) < 4.78 is 106. The van der Waals surface area contributed by atoms with E-state index >= 15 is 0 Å². The predicted octanol–water partition coefficient (Wildman–Crippen LogP) is 9.17. The van der Waals surface area contributed by atoms with E-state index in [1.54, 1.807) is 12.1 Å². The molecule has 0 saturated carbocycles. The van der Waals surface area contributed by atoms with Crippen LogP contribution >= 0.6 is 0 Å². The molecule has 15 heteroatoms. The Morgan fingerprint density at radius 2 is 1.42 bits per heavy atom. The van der Waals surface area contributed by atoms with E-state index in [2.05, 4.69) is 9.97 Å². The van der Waals surface area contributed by atoms with Gasteiger partial charge in [0.15, 0.2) is 17.2 Å². The summed E-state index contributed by atoms with van der Waals surface area (Å²) in [5.74, 6) is 0.531. The molecule has 0 radical (unpaired) electrons. The number of aliphatic carboxylic acids is 1. The minimum absolute atomic E-state index is 0.0365. The SMILES string of the molecule is CCOc1ccc(C(C)C)cc1-c1cc(OC)c(OC)cc1CN(Cc1cc(C(F)(F)F)cc(C(F)(F)F)c1)c1ncc(OCCCC(=O)O)cn1. The molecule has 1 heterocycles. The van der Waals surface area contributed by atoms with E-state index < -0.39 is 36.0 Å². The largest absolute Gasteiger partial charge is 0.493 e. The van der Waals surface area contributed by atoms with E-state index in [0.717, 1.165) is 5.56 Å². The van der Waals surface area contributed by atoms with Crippen molar-refractivity contribution in [1.82, 2.24) is 9.97 Å². The Bertz CT molecular complexity index is 1800. The number of halogens is 6. The van der Waals surface area contributed by atoms with E-state index in [4.69, 9.17) is 24.1 Å². The molecule has 0 saturated heterocycles. The van der Waals surface area contributed by atoms with Crippen LogP contribution in [0.3, 0.4) is 0 Å². The molecule has 4 rings (SSSR count). The van der Waals surface area contributed by atoms with E-state index in [0.29, 0.717) is 52.7 Å². The van der Waals surface area contributed by atoms with Gasteiger partial charge in [-0.3, -0.25) is 4.79 Å². The van der Waals surface area contributed by atoms with Gasteiger partial charge in [-0.25, -0.2) is 9.97 Å². The van der Waals surface area contributed by atoms with E-state index in [-0.39, 0.29) is 55.2 Å². The first-order valence-corrected chi connectivity index (χ1v) is 16.3. The van der Waals surface area contributed by atoms with E-state index in [9.17, 15) is 31.1 Å². The van der Waals surface area contributed by atoms with Gasteiger partial charge in [-0.05, 0) is 84.0 Å². The first-order valence-electron chi connectivity index (χ1n) is 16.3. The van der Waals surface area contributed by atoms with Gasteiger partial charge in [0, 0.05) is 25.1 Å². The van der Waals surface area contributed by atoms with Gasteiger partial charge in [0.1, 0.15) is 5.75 Å². The Morgan fingerprint density at radius 3 is 1.96 bits per heavy atom. The first kappa shape index (κ1) is 39.6. The molecule has 3 aromatic carbocycles. The van der Waals surface area contributed by atoms with Crippen molar-refractivity contribution in [2.24, 2.45) is 0 Å². The molecule has 1 N–H and O–H groups in total. The maximum atomic E-state index is 13.9. The number of ether oxygens (including phenoxy) is 4. The van der Waals surface area contributed by atoms with Crippen molar-refractivity contribution in [3.63, 3.8) is 0 Å². The highest BCUT2D eigenvalue weighted by molar-refractivity contribution is 5.77. The third-order valence-corrected chi connectivity index (χ3v) is 7.95. The van der Waals surface area contributed by atoms with Crippen molar-refractivity contribution >= 4 is 11.9 Å². The molecule has 1 aromatic heterocycles. The van der Waals surface area contributed by atoms with Gasteiger partial charge in [0.05, 0.1) is 51.0 Å². The third kappa shape index (κ3) is 10.2. The summed E-state index contributed by atoms with van der Waals surface area (Å²) in [5, 5.41) is 8.88. The lowest BCUT2D eigenvalue weighted by Crippen LogP contribution is -2.25. The number of hydrogen-bond donors (Lipinski definition) is 1. The number of carboxylic acid groups (broad SMARTS) is 1. The zero-order valence-electron chi connectivity index (χ0n) is 29.2. The van der Waals surface area contributed by atoms with Crippen LogP contribution in [0.25, 0.3) is 11.1 Å². The number of alkyl halides is 6. The summed E-state index contributed by atoms with van der Waals surface area (Å²) in [7, 11) is 2.90. The number of anilines is 1. The van der Waals surface area contributed by atoms with Gasteiger partial charge >= 0.3 is 18.3 Å². The molecule has 0 fully saturated rings. The molecular formula is C37H39F6N3O6. The Labute approximate surface area is 297 Å². The average molecular weight is 736 g/mol. The van der Waals surface area contributed by atoms with Crippen LogP contribution in [0.15, 0.2) is 60.9 Å². The number of hydrogen-bond acceptors (Lipinski definition) is 8. The summed E-state index contributed by atoms with van der Waals surface area (Å²) in [6, 6.07) is 10.5. The number of rotatable bonds is 16. The van der Waals surface area contributed by atoms with Crippen LogP contribution in [-0.4, -0.2) is 48.5 Å². The molecule has 0 spiro atoms. The molecule has 4 aromatic rings. The second kappa shape index (κ2) is 16.9. The minimum Gasteiger partial charge on any atom is -0.493 e. The maximum Gasteiger partial charge on any atom is 0.416 e.